The van der Waals surface area contributed by atoms with Gasteiger partial charge in [0.25, 0.3) is 0 Å². The van der Waals surface area contributed by atoms with E-state index in [1.165, 1.54) is 32.1 Å². The van der Waals surface area contributed by atoms with Gasteiger partial charge in [-0.1, -0.05) is 19.3 Å². The fourth-order valence-corrected chi connectivity index (χ4v) is 4.52. The highest BCUT2D eigenvalue weighted by Gasteiger charge is 2.17. The first kappa shape index (κ1) is 25.1. The van der Waals surface area contributed by atoms with Crippen molar-refractivity contribution in [2.45, 2.75) is 56.1 Å². The van der Waals surface area contributed by atoms with Crippen LogP contribution in [0.4, 0.5) is 21.1 Å². The number of amides is 2. The molecule has 4 N–H and O–H groups in total. The lowest BCUT2D eigenvalue weighted by Gasteiger charge is -2.21. The third-order valence-corrected chi connectivity index (χ3v) is 5.89. The molecule has 0 saturated heterocycles. The van der Waals surface area contributed by atoms with Gasteiger partial charge in [0, 0.05) is 16.3 Å². The molecule has 0 spiro atoms. The van der Waals surface area contributed by atoms with Gasteiger partial charge < -0.3 is 20.1 Å². The number of ether oxygens (including phenoxy) is 2. The first-order valence-corrected chi connectivity index (χ1v) is 11.8. The minimum atomic E-state index is -0.668. The van der Waals surface area contributed by atoms with Crippen LogP contribution < -0.4 is 21.3 Å². The predicted octanol–water partition coefficient (Wildman–Crippen LogP) is 4.39. The Morgan fingerprint density at radius 2 is 1.61 bits per heavy atom. The molecule has 0 atom stereocenters. The van der Waals surface area contributed by atoms with Crippen LogP contribution in [-0.2, 0) is 9.47 Å². The number of alkyl carbamates (subject to hydrolysis) is 2. The maximum atomic E-state index is 11.6. The van der Waals surface area contributed by atoms with Crippen molar-refractivity contribution < 1.29 is 19.1 Å². The Kier molecular flexibility index (Phi) is 10.7. The molecule has 0 radical (unpaired) electrons. The Bertz CT molecular complexity index is 803. The summed E-state index contributed by atoms with van der Waals surface area (Å²) in [7, 11) is 0. The van der Waals surface area contributed by atoms with Crippen molar-refractivity contribution in [1.29, 1.82) is 0 Å². The van der Waals surface area contributed by atoms with Crippen molar-refractivity contribution >= 4 is 70.1 Å². The Labute approximate surface area is 196 Å². The van der Waals surface area contributed by atoms with Gasteiger partial charge in [0.1, 0.15) is 0 Å². The topological polar surface area (TPSA) is 114 Å². The Hall–Kier alpha value is -2.18. The highest BCUT2D eigenvalue weighted by molar-refractivity contribution is 8.00. The molecule has 31 heavy (non-hydrogen) atoms. The highest BCUT2D eigenvalue weighted by atomic mass is 32.2. The summed E-state index contributed by atoms with van der Waals surface area (Å²) in [4.78, 5) is 28.6. The average molecular weight is 486 g/mol. The van der Waals surface area contributed by atoms with Gasteiger partial charge in [0.2, 0.25) is 0 Å². The maximum Gasteiger partial charge on any atom is 0.413 e. The van der Waals surface area contributed by atoms with E-state index < -0.39 is 12.2 Å². The van der Waals surface area contributed by atoms with E-state index in [0.717, 1.165) is 4.90 Å². The SMILES string of the molecule is CCOC(=O)NC(=S)Nc1cc(SC2CCCCC2)cnc1NC(=S)NC(=O)OCC. The molecule has 1 fully saturated rings. The molecule has 0 bridgehead atoms. The number of anilines is 2. The zero-order valence-corrected chi connectivity index (χ0v) is 19.9. The average Bonchev–Trinajstić information content (AvgIpc) is 2.71. The number of hydrogen-bond donors (Lipinski definition) is 4. The molecular weight excluding hydrogens is 458 g/mol. The quantitative estimate of drug-likeness (QED) is 0.433. The van der Waals surface area contributed by atoms with Crippen molar-refractivity contribution in [2.75, 3.05) is 23.8 Å². The molecule has 9 nitrogen and oxygen atoms in total. The van der Waals surface area contributed by atoms with Crippen LogP contribution in [0, 0.1) is 0 Å². The van der Waals surface area contributed by atoms with Crippen molar-refractivity contribution in [3.05, 3.63) is 12.3 Å². The largest absolute Gasteiger partial charge is 0.450 e. The van der Waals surface area contributed by atoms with Crippen LogP contribution >= 0.6 is 36.2 Å². The monoisotopic (exact) mass is 485 g/mol. The molecule has 170 valence electrons. The summed E-state index contributed by atoms with van der Waals surface area (Å²) in [6, 6.07) is 1.88. The van der Waals surface area contributed by atoms with Crippen molar-refractivity contribution in [1.82, 2.24) is 15.6 Å². The summed E-state index contributed by atoms with van der Waals surface area (Å²) in [6.07, 6.45) is 6.50. The minimum Gasteiger partial charge on any atom is -0.450 e. The Morgan fingerprint density at radius 3 is 2.19 bits per heavy atom. The molecule has 0 unspecified atom stereocenters. The van der Waals surface area contributed by atoms with Crippen molar-refractivity contribution in [3.8, 4) is 0 Å². The molecule has 0 aromatic carbocycles. The van der Waals surface area contributed by atoms with Gasteiger partial charge in [-0.15, -0.1) is 11.8 Å². The maximum absolute atomic E-state index is 11.6. The van der Waals surface area contributed by atoms with Gasteiger partial charge in [0.15, 0.2) is 16.0 Å². The predicted molar refractivity (Wildman–Crippen MR) is 130 cm³/mol. The van der Waals surface area contributed by atoms with E-state index in [1.807, 2.05) is 6.07 Å². The minimum absolute atomic E-state index is 0.0194. The second kappa shape index (κ2) is 13.3. The second-order valence-corrected chi connectivity index (χ2v) is 8.73. The summed E-state index contributed by atoms with van der Waals surface area (Å²) in [6.45, 7) is 3.84. The third kappa shape index (κ3) is 9.23. The van der Waals surface area contributed by atoms with Gasteiger partial charge in [-0.2, -0.15) is 0 Å². The number of carbonyl (C=O) groups is 2. The first-order chi connectivity index (χ1) is 14.9. The Balaban J connectivity index is 2.13. The normalized spacial score (nSPS) is 13.6. The Morgan fingerprint density at radius 1 is 1.03 bits per heavy atom. The van der Waals surface area contributed by atoms with E-state index in [4.69, 9.17) is 33.9 Å². The van der Waals surface area contributed by atoms with E-state index in [9.17, 15) is 9.59 Å². The summed E-state index contributed by atoms with van der Waals surface area (Å²) in [5, 5.41) is 11.2. The van der Waals surface area contributed by atoms with Crippen LogP contribution in [0.2, 0.25) is 0 Å². The number of thiocarbonyl (C=S) groups is 2. The lowest BCUT2D eigenvalue weighted by Crippen LogP contribution is -2.36. The van der Waals surface area contributed by atoms with Crippen molar-refractivity contribution in [3.63, 3.8) is 0 Å². The molecule has 1 aromatic heterocycles. The van der Waals surface area contributed by atoms with Crippen molar-refractivity contribution in [2.24, 2.45) is 0 Å². The fraction of sp³-hybridized carbons (Fsp3) is 0.526. The molecule has 2 rings (SSSR count). The van der Waals surface area contributed by atoms with Gasteiger partial charge >= 0.3 is 12.2 Å². The number of rotatable bonds is 6. The van der Waals surface area contributed by atoms with Crippen LogP contribution in [0.25, 0.3) is 0 Å². The molecule has 2 amide bonds. The zero-order chi connectivity index (χ0) is 22.6. The van der Waals surface area contributed by atoms with Crippen LogP contribution in [-0.4, -0.2) is 45.9 Å². The summed E-state index contributed by atoms with van der Waals surface area (Å²) in [5.41, 5.74) is 0.496. The lowest BCUT2D eigenvalue weighted by molar-refractivity contribution is 0.157. The number of aromatic nitrogens is 1. The summed E-state index contributed by atoms with van der Waals surface area (Å²) >= 11 is 12.1. The van der Waals surface area contributed by atoms with Crippen LogP contribution in [0.3, 0.4) is 0 Å². The number of nitrogens with zero attached hydrogens (tertiary/aromatic N) is 1. The van der Waals surface area contributed by atoms with E-state index in [2.05, 4.69) is 26.3 Å². The first-order valence-electron chi connectivity index (χ1n) is 10.1. The fourth-order valence-electron chi connectivity index (χ4n) is 2.89. The van der Waals surface area contributed by atoms with E-state index in [0.29, 0.717) is 16.8 Å². The molecule has 1 aliphatic rings. The van der Waals surface area contributed by atoms with Gasteiger partial charge in [-0.3, -0.25) is 10.6 Å². The van der Waals surface area contributed by atoms with E-state index in [1.54, 1.807) is 31.8 Å². The lowest BCUT2D eigenvalue weighted by atomic mass is 10.0. The molecule has 1 saturated carbocycles. The van der Waals surface area contributed by atoms with E-state index >= 15 is 0 Å². The molecule has 1 aromatic rings. The zero-order valence-electron chi connectivity index (χ0n) is 17.5. The molecule has 12 heteroatoms. The van der Waals surface area contributed by atoms with Crippen LogP contribution in [0.15, 0.2) is 17.2 Å². The number of carbonyl (C=O) groups excluding carboxylic acids is 2. The van der Waals surface area contributed by atoms with E-state index in [-0.39, 0.29) is 23.4 Å². The van der Waals surface area contributed by atoms with Gasteiger partial charge in [-0.05, 0) is 57.2 Å². The summed E-state index contributed by atoms with van der Waals surface area (Å²) < 4.78 is 9.66. The van der Waals surface area contributed by atoms with Gasteiger partial charge in [0.05, 0.1) is 18.9 Å². The number of thioether (sulfide) groups is 1. The third-order valence-electron chi connectivity index (χ3n) is 4.18. The standard InChI is InChI=1S/C19H27N5O4S3/c1-3-27-18(25)23-16(29)21-14-10-13(31-12-8-6-5-7-9-12)11-20-15(14)22-17(30)24-19(26)28-4-2/h10-12H,3-9H2,1-2H3,(H2,21,23,25,29)(H2,20,22,24,26,30). The molecular formula is C19H27N5O4S3. The molecule has 1 heterocycles. The number of pyridine rings is 1. The summed E-state index contributed by atoms with van der Waals surface area (Å²) in [5.74, 6) is 0.336. The number of nitrogens with one attached hydrogen (secondary N) is 4. The van der Waals surface area contributed by atoms with Gasteiger partial charge in [-0.25, -0.2) is 14.6 Å². The second-order valence-electron chi connectivity index (χ2n) is 6.54. The highest BCUT2D eigenvalue weighted by Crippen LogP contribution is 2.35. The van der Waals surface area contributed by atoms with Crippen LogP contribution in [0.1, 0.15) is 46.0 Å². The van der Waals surface area contributed by atoms with Crippen LogP contribution in [0.5, 0.6) is 0 Å². The smallest absolute Gasteiger partial charge is 0.413 e. The molecule has 0 aliphatic heterocycles. The number of hydrogen-bond acceptors (Lipinski definition) is 8. The molecule has 1 aliphatic carbocycles.